The summed E-state index contributed by atoms with van der Waals surface area (Å²) in [6, 6.07) is 18.4. The van der Waals surface area contributed by atoms with Crippen LogP contribution in [0.3, 0.4) is 0 Å². The molecule has 1 N–H and O–H groups in total. The van der Waals surface area contributed by atoms with Gasteiger partial charge in [-0.3, -0.25) is 5.43 Å². The zero-order chi connectivity index (χ0) is 16.8. The number of hydrogen-bond acceptors (Lipinski definition) is 4. The Labute approximate surface area is 142 Å². The highest BCUT2D eigenvalue weighted by molar-refractivity contribution is 5.80. The molecule has 0 radical (unpaired) electrons. The first-order chi connectivity index (χ1) is 11.7. The van der Waals surface area contributed by atoms with Gasteiger partial charge in [-0.25, -0.2) is 4.98 Å². The fraction of sp³-hybridized carbons (Fsp3) is 0.158. The van der Waals surface area contributed by atoms with Gasteiger partial charge in [0.2, 0.25) is 0 Å². The third-order valence-electron chi connectivity index (χ3n) is 3.76. The maximum Gasteiger partial charge on any atom is 0.146 e. The summed E-state index contributed by atoms with van der Waals surface area (Å²) in [6.07, 6.45) is 7.21. The highest BCUT2D eigenvalue weighted by Crippen LogP contribution is 2.15. The van der Waals surface area contributed by atoms with Crippen LogP contribution in [-0.2, 0) is 0 Å². The molecule has 1 unspecified atom stereocenters. The van der Waals surface area contributed by atoms with Gasteiger partial charge in [-0.2, -0.15) is 5.10 Å². The number of hydrazone groups is 1. The topological polar surface area (TPSA) is 45.5 Å². The summed E-state index contributed by atoms with van der Waals surface area (Å²) in [5.74, 6) is 0. The smallest absolute Gasteiger partial charge is 0.146 e. The van der Waals surface area contributed by atoms with Crippen molar-refractivity contribution >= 4 is 11.9 Å². The Bertz CT molecular complexity index is 761. The Hall–Kier alpha value is -3.08. The van der Waals surface area contributed by atoms with Gasteiger partial charge in [0.1, 0.15) is 6.17 Å². The number of benzene rings is 2. The van der Waals surface area contributed by atoms with Crippen molar-refractivity contribution in [1.29, 1.82) is 0 Å². The fourth-order valence-electron chi connectivity index (χ4n) is 2.41. The Morgan fingerprint density at radius 1 is 1.08 bits per heavy atom. The second-order valence-corrected chi connectivity index (χ2v) is 5.70. The van der Waals surface area contributed by atoms with Crippen LogP contribution < -0.4 is 10.3 Å². The molecule has 3 rings (SSSR count). The van der Waals surface area contributed by atoms with Gasteiger partial charge >= 0.3 is 0 Å². The molecule has 0 saturated carbocycles. The summed E-state index contributed by atoms with van der Waals surface area (Å²) in [5.41, 5.74) is 6.54. The van der Waals surface area contributed by atoms with Crippen molar-refractivity contribution in [3.63, 3.8) is 0 Å². The predicted molar refractivity (Wildman–Crippen MR) is 98.3 cm³/mol. The summed E-state index contributed by atoms with van der Waals surface area (Å²) in [5, 5.41) is 4.41. The van der Waals surface area contributed by atoms with Crippen molar-refractivity contribution in [3.05, 3.63) is 84.4 Å². The molecular formula is C19H21N5. The molecule has 5 nitrogen and oxygen atoms in total. The maximum absolute atomic E-state index is 4.41. The molecule has 0 fully saturated rings. The van der Waals surface area contributed by atoms with Gasteiger partial charge in [0.05, 0.1) is 12.5 Å². The van der Waals surface area contributed by atoms with Crippen molar-refractivity contribution < 1.29 is 0 Å². The number of imidazole rings is 1. The summed E-state index contributed by atoms with van der Waals surface area (Å²) >= 11 is 0. The minimum absolute atomic E-state index is 0.0917. The first-order valence-corrected chi connectivity index (χ1v) is 7.82. The van der Waals surface area contributed by atoms with Gasteiger partial charge in [-0.1, -0.05) is 42.5 Å². The normalized spacial score (nSPS) is 12.2. The summed E-state index contributed by atoms with van der Waals surface area (Å²) in [4.78, 5) is 6.20. The summed E-state index contributed by atoms with van der Waals surface area (Å²) < 4.78 is 1.99. The van der Waals surface area contributed by atoms with E-state index in [2.05, 4.69) is 56.8 Å². The summed E-state index contributed by atoms with van der Waals surface area (Å²) in [6.45, 7) is 0. The minimum atomic E-state index is -0.0917. The lowest BCUT2D eigenvalue weighted by molar-refractivity contribution is 0.484. The van der Waals surface area contributed by atoms with Crippen LogP contribution in [-0.4, -0.2) is 29.9 Å². The molecule has 5 heteroatoms. The Morgan fingerprint density at radius 3 is 2.46 bits per heavy atom. The van der Waals surface area contributed by atoms with Crippen LogP contribution in [0.25, 0.3) is 0 Å². The van der Waals surface area contributed by atoms with Crippen molar-refractivity contribution in [2.45, 2.75) is 6.17 Å². The molecule has 0 spiro atoms. The van der Waals surface area contributed by atoms with Crippen molar-refractivity contribution in [1.82, 2.24) is 15.0 Å². The Kier molecular flexibility index (Phi) is 4.91. The molecule has 24 heavy (non-hydrogen) atoms. The lowest BCUT2D eigenvalue weighted by Gasteiger charge is -2.18. The van der Waals surface area contributed by atoms with E-state index in [0.717, 1.165) is 11.1 Å². The molecule has 0 amide bonds. The highest BCUT2D eigenvalue weighted by atomic mass is 15.4. The van der Waals surface area contributed by atoms with Gasteiger partial charge in [-0.15, -0.1) is 0 Å². The largest absolute Gasteiger partial charge is 0.378 e. The van der Waals surface area contributed by atoms with Crippen LogP contribution in [0.15, 0.2) is 78.4 Å². The van der Waals surface area contributed by atoms with Crippen molar-refractivity contribution in [2.24, 2.45) is 5.10 Å². The molecule has 1 aromatic heterocycles. The number of anilines is 1. The average Bonchev–Trinajstić information content (AvgIpc) is 3.14. The SMILES string of the molecule is CN(C)c1ccc(C=NNC(c2ccccc2)n2ccnc2)cc1. The van der Waals surface area contributed by atoms with Crippen LogP contribution in [0.2, 0.25) is 0 Å². The van der Waals surface area contributed by atoms with Gasteiger partial charge in [-0.05, 0) is 23.3 Å². The zero-order valence-electron chi connectivity index (χ0n) is 13.9. The van der Waals surface area contributed by atoms with Crippen LogP contribution >= 0.6 is 0 Å². The molecule has 2 aromatic carbocycles. The molecule has 0 aliphatic heterocycles. The van der Waals surface area contributed by atoms with Gasteiger partial charge in [0.15, 0.2) is 0 Å². The monoisotopic (exact) mass is 319 g/mol. The second kappa shape index (κ2) is 7.46. The quantitative estimate of drug-likeness (QED) is 0.561. The van der Waals surface area contributed by atoms with E-state index in [4.69, 9.17) is 0 Å². The highest BCUT2D eigenvalue weighted by Gasteiger charge is 2.10. The van der Waals surface area contributed by atoms with E-state index in [9.17, 15) is 0 Å². The third kappa shape index (κ3) is 3.81. The maximum atomic E-state index is 4.41. The van der Waals surface area contributed by atoms with E-state index in [1.807, 2.05) is 49.3 Å². The molecule has 0 aliphatic carbocycles. The van der Waals surface area contributed by atoms with E-state index in [1.165, 1.54) is 5.69 Å². The molecule has 1 atom stereocenters. The molecular weight excluding hydrogens is 298 g/mol. The van der Waals surface area contributed by atoms with Crippen LogP contribution in [0, 0.1) is 0 Å². The number of hydrogen-bond donors (Lipinski definition) is 1. The van der Waals surface area contributed by atoms with Crippen molar-refractivity contribution in [2.75, 3.05) is 19.0 Å². The fourth-order valence-corrected chi connectivity index (χ4v) is 2.41. The minimum Gasteiger partial charge on any atom is -0.378 e. The lowest BCUT2D eigenvalue weighted by Crippen LogP contribution is -2.22. The molecule has 3 aromatic rings. The van der Waals surface area contributed by atoms with Crippen LogP contribution in [0.4, 0.5) is 5.69 Å². The van der Waals surface area contributed by atoms with Crippen LogP contribution in [0.1, 0.15) is 17.3 Å². The van der Waals surface area contributed by atoms with Crippen LogP contribution in [0.5, 0.6) is 0 Å². The number of aromatic nitrogens is 2. The Morgan fingerprint density at radius 2 is 1.83 bits per heavy atom. The average molecular weight is 319 g/mol. The Balaban J connectivity index is 1.74. The first kappa shape index (κ1) is 15.8. The molecule has 122 valence electrons. The molecule has 0 saturated heterocycles. The predicted octanol–water partition coefficient (Wildman–Crippen LogP) is 3.12. The summed E-state index contributed by atoms with van der Waals surface area (Å²) in [7, 11) is 4.06. The molecule has 1 heterocycles. The molecule has 0 bridgehead atoms. The van der Waals surface area contributed by atoms with Gasteiger partial charge < -0.3 is 9.47 Å². The van der Waals surface area contributed by atoms with Gasteiger partial charge in [0, 0.05) is 32.2 Å². The van der Waals surface area contributed by atoms with E-state index < -0.39 is 0 Å². The van der Waals surface area contributed by atoms with Gasteiger partial charge in [0.25, 0.3) is 0 Å². The zero-order valence-corrected chi connectivity index (χ0v) is 13.9. The number of rotatable bonds is 6. The number of nitrogens with zero attached hydrogens (tertiary/aromatic N) is 4. The van der Waals surface area contributed by atoms with E-state index >= 15 is 0 Å². The standard InChI is InChI=1S/C19H21N5/c1-23(2)18-10-8-16(9-11-18)14-21-22-19(24-13-12-20-15-24)17-6-4-3-5-7-17/h3-15,19,22H,1-2H3. The molecule has 0 aliphatic rings. The second-order valence-electron chi connectivity index (χ2n) is 5.70. The third-order valence-corrected chi connectivity index (χ3v) is 3.76. The number of nitrogens with one attached hydrogen (secondary N) is 1. The van der Waals surface area contributed by atoms with E-state index in [0.29, 0.717) is 0 Å². The van der Waals surface area contributed by atoms with E-state index in [1.54, 1.807) is 12.5 Å². The van der Waals surface area contributed by atoms with E-state index in [-0.39, 0.29) is 6.17 Å². The first-order valence-electron chi connectivity index (χ1n) is 7.82. The van der Waals surface area contributed by atoms with Crippen molar-refractivity contribution in [3.8, 4) is 0 Å². The lowest BCUT2D eigenvalue weighted by atomic mass is 10.2.